The van der Waals surface area contributed by atoms with Gasteiger partial charge in [-0.05, 0) is 25.1 Å². The minimum absolute atomic E-state index is 0.0142. The molecule has 0 bridgehead atoms. The van der Waals surface area contributed by atoms with Crippen LogP contribution in [-0.2, 0) is 6.18 Å². The van der Waals surface area contributed by atoms with Crippen LogP contribution in [-0.4, -0.2) is 16.1 Å². The number of aromatic nitrogens is 1. The maximum absolute atomic E-state index is 12.4. The molecule has 21 heavy (non-hydrogen) atoms. The van der Waals surface area contributed by atoms with E-state index in [9.17, 15) is 18.0 Å². The minimum atomic E-state index is -4.48. The first-order chi connectivity index (χ1) is 9.77. The van der Waals surface area contributed by atoms with Crippen LogP contribution in [0, 0.1) is 6.92 Å². The van der Waals surface area contributed by atoms with Gasteiger partial charge in [0.1, 0.15) is 11.3 Å². The highest BCUT2D eigenvalue weighted by Gasteiger charge is 2.30. The van der Waals surface area contributed by atoms with Crippen molar-refractivity contribution in [3.63, 3.8) is 0 Å². The van der Waals surface area contributed by atoms with Crippen LogP contribution in [0.15, 0.2) is 36.5 Å². The third kappa shape index (κ3) is 3.50. The van der Waals surface area contributed by atoms with Crippen LogP contribution in [0.3, 0.4) is 0 Å². The third-order valence-electron chi connectivity index (χ3n) is 2.64. The van der Waals surface area contributed by atoms with Gasteiger partial charge >= 0.3 is 12.1 Å². The smallest absolute Gasteiger partial charge is 0.417 e. The molecule has 0 aliphatic rings. The Morgan fingerprint density at radius 1 is 1.24 bits per heavy atom. The van der Waals surface area contributed by atoms with Gasteiger partial charge in [0.05, 0.1) is 5.56 Å². The van der Waals surface area contributed by atoms with E-state index in [1.54, 1.807) is 13.0 Å². The number of halogens is 3. The van der Waals surface area contributed by atoms with Gasteiger partial charge in [0.25, 0.3) is 0 Å². The number of ether oxygens (including phenoxy) is 1. The van der Waals surface area contributed by atoms with E-state index in [1.165, 1.54) is 12.1 Å². The summed E-state index contributed by atoms with van der Waals surface area (Å²) >= 11 is 0. The SMILES string of the molecule is Cc1ccc(Oc2ccc(C(F)(F)F)cn2)c(C(=O)O)c1. The summed E-state index contributed by atoms with van der Waals surface area (Å²) in [6, 6.07) is 6.32. The fourth-order valence-corrected chi connectivity index (χ4v) is 1.62. The molecule has 1 heterocycles. The predicted octanol–water partition coefficient (Wildman–Crippen LogP) is 3.90. The molecule has 7 heteroatoms. The minimum Gasteiger partial charge on any atom is -0.478 e. The number of hydrogen-bond acceptors (Lipinski definition) is 3. The molecule has 2 aromatic rings. The van der Waals surface area contributed by atoms with Gasteiger partial charge in [-0.3, -0.25) is 0 Å². The molecule has 4 nitrogen and oxygen atoms in total. The second kappa shape index (κ2) is 5.43. The number of carboxylic acid groups (broad SMARTS) is 1. The molecular formula is C14H10F3NO3. The Hall–Kier alpha value is -2.57. The third-order valence-corrected chi connectivity index (χ3v) is 2.64. The zero-order valence-electron chi connectivity index (χ0n) is 10.8. The lowest BCUT2D eigenvalue weighted by atomic mass is 10.1. The summed E-state index contributed by atoms with van der Waals surface area (Å²) in [5.41, 5.74) is -0.269. The van der Waals surface area contributed by atoms with Crippen molar-refractivity contribution in [2.24, 2.45) is 0 Å². The molecule has 1 aromatic heterocycles. The number of nitrogens with zero attached hydrogens (tertiary/aromatic N) is 1. The zero-order valence-corrected chi connectivity index (χ0v) is 10.8. The van der Waals surface area contributed by atoms with Gasteiger partial charge in [0.2, 0.25) is 5.88 Å². The number of benzene rings is 1. The van der Waals surface area contributed by atoms with Crippen molar-refractivity contribution in [3.05, 3.63) is 53.2 Å². The van der Waals surface area contributed by atoms with Crippen LogP contribution in [0.1, 0.15) is 21.5 Å². The topological polar surface area (TPSA) is 59.4 Å². The van der Waals surface area contributed by atoms with Crippen LogP contribution >= 0.6 is 0 Å². The van der Waals surface area contributed by atoms with E-state index >= 15 is 0 Å². The molecule has 0 spiro atoms. The maximum Gasteiger partial charge on any atom is 0.417 e. The van der Waals surface area contributed by atoms with Crippen molar-refractivity contribution in [1.82, 2.24) is 4.98 Å². The Labute approximate surface area is 117 Å². The molecule has 0 atom stereocenters. The van der Waals surface area contributed by atoms with Crippen LogP contribution in [0.25, 0.3) is 0 Å². The van der Waals surface area contributed by atoms with Gasteiger partial charge in [-0.2, -0.15) is 13.2 Å². The van der Waals surface area contributed by atoms with E-state index in [-0.39, 0.29) is 17.2 Å². The molecule has 0 fully saturated rings. The Morgan fingerprint density at radius 3 is 2.48 bits per heavy atom. The van der Waals surface area contributed by atoms with E-state index in [2.05, 4.69) is 4.98 Å². The van der Waals surface area contributed by atoms with Crippen LogP contribution in [0.2, 0.25) is 0 Å². The fourth-order valence-electron chi connectivity index (χ4n) is 1.62. The molecule has 0 amide bonds. The molecule has 1 N–H and O–H groups in total. The Bertz CT molecular complexity index is 666. The molecule has 0 unspecified atom stereocenters. The monoisotopic (exact) mass is 297 g/mol. The number of aryl methyl sites for hydroxylation is 1. The highest BCUT2D eigenvalue weighted by atomic mass is 19.4. The highest BCUT2D eigenvalue weighted by Crippen LogP contribution is 2.30. The molecule has 1 aromatic carbocycles. The van der Waals surface area contributed by atoms with E-state index < -0.39 is 17.7 Å². The predicted molar refractivity (Wildman–Crippen MR) is 67.5 cm³/mol. The molecule has 0 aliphatic carbocycles. The summed E-state index contributed by atoms with van der Waals surface area (Å²) in [6.45, 7) is 1.71. The van der Waals surface area contributed by atoms with Gasteiger partial charge in [-0.25, -0.2) is 9.78 Å². The van der Waals surface area contributed by atoms with Crippen molar-refractivity contribution in [1.29, 1.82) is 0 Å². The number of hydrogen-bond donors (Lipinski definition) is 1. The molecule has 0 saturated heterocycles. The molecule has 0 saturated carbocycles. The highest BCUT2D eigenvalue weighted by molar-refractivity contribution is 5.91. The second-order valence-corrected chi connectivity index (χ2v) is 4.29. The first-order valence-corrected chi connectivity index (χ1v) is 5.82. The Morgan fingerprint density at radius 2 is 1.95 bits per heavy atom. The molecule has 0 aliphatic heterocycles. The van der Waals surface area contributed by atoms with Crippen molar-refractivity contribution < 1.29 is 27.8 Å². The average molecular weight is 297 g/mol. The normalized spacial score (nSPS) is 11.2. The summed E-state index contributed by atoms with van der Waals surface area (Å²) in [6.07, 6.45) is -3.86. The van der Waals surface area contributed by atoms with E-state index in [1.807, 2.05) is 0 Å². The summed E-state index contributed by atoms with van der Waals surface area (Å²) in [4.78, 5) is 14.6. The number of pyridine rings is 1. The summed E-state index contributed by atoms with van der Waals surface area (Å²) in [7, 11) is 0. The van der Waals surface area contributed by atoms with Crippen molar-refractivity contribution in [2.45, 2.75) is 13.1 Å². The second-order valence-electron chi connectivity index (χ2n) is 4.29. The van der Waals surface area contributed by atoms with E-state index in [4.69, 9.17) is 9.84 Å². The van der Waals surface area contributed by atoms with Crippen LogP contribution < -0.4 is 4.74 Å². The van der Waals surface area contributed by atoms with Crippen molar-refractivity contribution in [3.8, 4) is 11.6 Å². The molecule has 2 rings (SSSR count). The molecular weight excluding hydrogens is 287 g/mol. The lowest BCUT2D eigenvalue weighted by Gasteiger charge is -2.10. The summed E-state index contributed by atoms with van der Waals surface area (Å²) in [5, 5.41) is 9.07. The number of carboxylic acids is 1. The van der Waals surface area contributed by atoms with Crippen LogP contribution in [0.5, 0.6) is 11.6 Å². The van der Waals surface area contributed by atoms with E-state index in [0.717, 1.165) is 17.7 Å². The first kappa shape index (κ1) is 14.8. The Kier molecular flexibility index (Phi) is 3.84. The first-order valence-electron chi connectivity index (χ1n) is 5.82. The molecule has 0 radical (unpaired) electrons. The van der Waals surface area contributed by atoms with E-state index in [0.29, 0.717) is 6.20 Å². The summed E-state index contributed by atoms with van der Waals surface area (Å²) < 4.78 is 42.4. The average Bonchev–Trinajstić information content (AvgIpc) is 2.40. The quantitative estimate of drug-likeness (QED) is 0.933. The number of alkyl halides is 3. The number of carbonyl (C=O) groups is 1. The van der Waals surface area contributed by atoms with Crippen molar-refractivity contribution in [2.75, 3.05) is 0 Å². The van der Waals surface area contributed by atoms with Gasteiger partial charge in [0, 0.05) is 12.3 Å². The number of rotatable bonds is 3. The lowest BCUT2D eigenvalue weighted by Crippen LogP contribution is -2.05. The van der Waals surface area contributed by atoms with Crippen molar-refractivity contribution >= 4 is 5.97 Å². The maximum atomic E-state index is 12.4. The van der Waals surface area contributed by atoms with Crippen LogP contribution in [0.4, 0.5) is 13.2 Å². The zero-order chi connectivity index (χ0) is 15.6. The van der Waals surface area contributed by atoms with Gasteiger partial charge in [-0.15, -0.1) is 0 Å². The fraction of sp³-hybridized carbons (Fsp3) is 0.143. The molecule has 110 valence electrons. The van der Waals surface area contributed by atoms with Gasteiger partial charge < -0.3 is 9.84 Å². The number of aromatic carboxylic acids is 1. The largest absolute Gasteiger partial charge is 0.478 e. The van der Waals surface area contributed by atoms with Gasteiger partial charge in [0.15, 0.2) is 0 Å². The summed E-state index contributed by atoms with van der Waals surface area (Å²) in [5.74, 6) is -1.30. The van der Waals surface area contributed by atoms with Gasteiger partial charge in [-0.1, -0.05) is 11.6 Å². The Balaban J connectivity index is 2.28. The lowest BCUT2D eigenvalue weighted by molar-refractivity contribution is -0.137. The standard InChI is InChI=1S/C14H10F3NO3/c1-8-2-4-11(10(6-8)13(19)20)21-12-5-3-9(7-18-12)14(15,16)17/h2-7H,1H3,(H,19,20).